The highest BCUT2D eigenvalue weighted by molar-refractivity contribution is 9.11. The van der Waals surface area contributed by atoms with Crippen molar-refractivity contribution in [2.45, 2.75) is 17.1 Å². The maximum Gasteiger partial charge on any atom is 0.335 e. The number of hydrogen-bond acceptors (Lipinski definition) is 5. The van der Waals surface area contributed by atoms with E-state index in [1.54, 1.807) is 12.1 Å². The Balaban J connectivity index is 2.00. The highest BCUT2D eigenvalue weighted by Crippen LogP contribution is 2.33. The highest BCUT2D eigenvalue weighted by atomic mass is 79.9. The molecule has 24 heavy (non-hydrogen) atoms. The van der Waals surface area contributed by atoms with Crippen molar-refractivity contribution in [2.24, 2.45) is 0 Å². The molecule has 0 amide bonds. The zero-order valence-corrected chi connectivity index (χ0v) is 15.7. The Morgan fingerprint density at radius 3 is 2.50 bits per heavy atom. The lowest BCUT2D eigenvalue weighted by Crippen LogP contribution is -2.21. The molecule has 1 aliphatic heterocycles. The number of hydrogen-bond donors (Lipinski definition) is 2. The summed E-state index contributed by atoms with van der Waals surface area (Å²) in [5.41, 5.74) is 1.04. The molecule has 2 heterocycles. The van der Waals surface area contributed by atoms with E-state index in [4.69, 9.17) is 0 Å². The number of nitrogens with zero attached hydrogens (tertiary/aromatic N) is 1. The monoisotopic (exact) mass is 430 g/mol. The minimum Gasteiger partial charge on any atom is -0.478 e. The van der Waals surface area contributed by atoms with Crippen LogP contribution in [0.25, 0.3) is 0 Å². The summed E-state index contributed by atoms with van der Waals surface area (Å²) in [4.78, 5) is 13.3. The van der Waals surface area contributed by atoms with Gasteiger partial charge in [-0.2, -0.15) is 0 Å². The van der Waals surface area contributed by atoms with Crippen LogP contribution in [0.15, 0.2) is 38.3 Å². The van der Waals surface area contributed by atoms with E-state index < -0.39 is 16.0 Å². The fourth-order valence-corrected chi connectivity index (χ4v) is 5.70. The predicted octanol–water partition coefficient (Wildman–Crippen LogP) is 3.61. The first-order valence-corrected chi connectivity index (χ1v) is 10.4. The van der Waals surface area contributed by atoms with Gasteiger partial charge in [-0.15, -0.1) is 11.3 Å². The molecular formula is C15H15BrN2O4S2. The summed E-state index contributed by atoms with van der Waals surface area (Å²) in [7, 11) is -3.77. The van der Waals surface area contributed by atoms with Gasteiger partial charge in [-0.3, -0.25) is 4.72 Å². The van der Waals surface area contributed by atoms with Gasteiger partial charge < -0.3 is 10.0 Å². The molecule has 0 atom stereocenters. The average Bonchev–Trinajstić information content (AvgIpc) is 3.18. The Labute approximate surface area is 152 Å². The maximum atomic E-state index is 12.6. The van der Waals surface area contributed by atoms with Crippen LogP contribution in [-0.4, -0.2) is 32.6 Å². The summed E-state index contributed by atoms with van der Waals surface area (Å²) in [6.45, 7) is 1.65. The van der Waals surface area contributed by atoms with Crippen molar-refractivity contribution >= 4 is 54.6 Å². The first-order chi connectivity index (χ1) is 11.4. The van der Waals surface area contributed by atoms with E-state index in [1.807, 2.05) is 0 Å². The van der Waals surface area contributed by atoms with Gasteiger partial charge in [0.25, 0.3) is 10.0 Å². The molecule has 0 saturated carbocycles. The number of carboxylic acid groups (broad SMARTS) is 1. The van der Waals surface area contributed by atoms with Gasteiger partial charge in [0.2, 0.25) is 0 Å². The normalized spacial score (nSPS) is 14.8. The summed E-state index contributed by atoms with van der Waals surface area (Å²) in [5, 5.41) is 9.19. The second-order valence-electron chi connectivity index (χ2n) is 5.40. The van der Waals surface area contributed by atoms with Crippen LogP contribution in [0.5, 0.6) is 0 Å². The number of carbonyl (C=O) groups is 1. The van der Waals surface area contributed by atoms with Gasteiger partial charge in [0.1, 0.15) is 4.21 Å². The van der Waals surface area contributed by atoms with E-state index in [0.29, 0.717) is 15.2 Å². The van der Waals surface area contributed by atoms with Gasteiger partial charge in [-0.25, -0.2) is 13.2 Å². The van der Waals surface area contributed by atoms with E-state index in [-0.39, 0.29) is 9.77 Å². The molecule has 0 bridgehead atoms. The Kier molecular flexibility index (Phi) is 4.84. The molecule has 6 nitrogen and oxygen atoms in total. The summed E-state index contributed by atoms with van der Waals surface area (Å²) in [5.74, 6) is -1.10. The Morgan fingerprint density at radius 1 is 1.21 bits per heavy atom. The third kappa shape index (κ3) is 3.57. The fourth-order valence-electron chi connectivity index (χ4n) is 2.62. The van der Waals surface area contributed by atoms with Gasteiger partial charge >= 0.3 is 5.97 Å². The Bertz CT molecular complexity index is 873. The van der Waals surface area contributed by atoms with Crippen LogP contribution in [-0.2, 0) is 10.0 Å². The van der Waals surface area contributed by atoms with Crippen molar-refractivity contribution in [3.63, 3.8) is 0 Å². The van der Waals surface area contributed by atoms with E-state index in [1.165, 1.54) is 18.2 Å². The first-order valence-electron chi connectivity index (χ1n) is 7.27. The van der Waals surface area contributed by atoms with Crippen LogP contribution >= 0.6 is 27.3 Å². The molecule has 0 radical (unpaired) electrons. The number of nitrogens with one attached hydrogen (secondary N) is 1. The van der Waals surface area contributed by atoms with Crippen LogP contribution in [0.2, 0.25) is 0 Å². The second-order valence-corrected chi connectivity index (χ2v) is 9.77. The molecule has 2 N–H and O–H groups in total. The van der Waals surface area contributed by atoms with E-state index in [9.17, 15) is 18.3 Å². The van der Waals surface area contributed by atoms with Crippen LogP contribution in [0, 0.1) is 0 Å². The standard InChI is InChI=1S/C15H15BrN2O4S2/c16-13-5-6-14(23-13)24(21,22)17-11-9-10(15(19)20)3-4-12(11)18-7-1-2-8-18/h3-6,9,17H,1-2,7-8H2,(H,19,20). The topological polar surface area (TPSA) is 86.7 Å². The predicted molar refractivity (Wildman–Crippen MR) is 97.7 cm³/mol. The van der Waals surface area contributed by atoms with Crippen molar-refractivity contribution < 1.29 is 18.3 Å². The number of sulfonamides is 1. The molecule has 0 aliphatic carbocycles. The van der Waals surface area contributed by atoms with Crippen molar-refractivity contribution in [2.75, 3.05) is 22.7 Å². The van der Waals surface area contributed by atoms with Gasteiger partial charge in [0.05, 0.1) is 20.7 Å². The molecule has 1 aromatic heterocycles. The fraction of sp³-hybridized carbons (Fsp3) is 0.267. The number of carboxylic acids is 1. The number of thiophene rings is 1. The molecule has 2 aromatic rings. The SMILES string of the molecule is O=C(O)c1ccc(N2CCCC2)c(NS(=O)(=O)c2ccc(Br)s2)c1. The molecule has 1 fully saturated rings. The lowest BCUT2D eigenvalue weighted by molar-refractivity contribution is 0.0697. The third-order valence-electron chi connectivity index (χ3n) is 3.75. The molecule has 1 aliphatic rings. The van der Waals surface area contributed by atoms with Crippen LogP contribution in [0.3, 0.4) is 0 Å². The van der Waals surface area contributed by atoms with Crippen molar-refractivity contribution in [3.05, 3.63) is 39.7 Å². The lowest BCUT2D eigenvalue weighted by atomic mass is 10.1. The second kappa shape index (κ2) is 6.73. The first kappa shape index (κ1) is 17.2. The number of rotatable bonds is 5. The molecule has 0 spiro atoms. The molecule has 0 unspecified atom stereocenters. The molecule has 1 saturated heterocycles. The van der Waals surface area contributed by atoms with Crippen molar-refractivity contribution in [1.82, 2.24) is 0 Å². The maximum absolute atomic E-state index is 12.6. The van der Waals surface area contributed by atoms with E-state index >= 15 is 0 Å². The van der Waals surface area contributed by atoms with Crippen molar-refractivity contribution in [1.29, 1.82) is 0 Å². The smallest absolute Gasteiger partial charge is 0.335 e. The average molecular weight is 431 g/mol. The number of anilines is 2. The zero-order valence-electron chi connectivity index (χ0n) is 12.5. The highest BCUT2D eigenvalue weighted by Gasteiger charge is 2.22. The number of halogens is 1. The summed E-state index contributed by atoms with van der Waals surface area (Å²) in [6.07, 6.45) is 2.06. The largest absolute Gasteiger partial charge is 0.478 e. The molecule has 9 heteroatoms. The Hall–Kier alpha value is -1.58. The summed E-state index contributed by atoms with van der Waals surface area (Å²) in [6, 6.07) is 7.70. The van der Waals surface area contributed by atoms with Crippen molar-refractivity contribution in [3.8, 4) is 0 Å². The van der Waals surface area contributed by atoms with Crippen LogP contribution in [0.4, 0.5) is 11.4 Å². The van der Waals surface area contributed by atoms with Gasteiger partial charge in [-0.1, -0.05) is 0 Å². The Morgan fingerprint density at radius 2 is 1.92 bits per heavy atom. The molecule has 128 valence electrons. The molecular weight excluding hydrogens is 416 g/mol. The lowest BCUT2D eigenvalue weighted by Gasteiger charge is -2.22. The van der Waals surface area contributed by atoms with Gasteiger partial charge in [0, 0.05) is 13.1 Å². The zero-order chi connectivity index (χ0) is 17.3. The van der Waals surface area contributed by atoms with Gasteiger partial charge in [-0.05, 0) is 59.1 Å². The molecule has 3 rings (SSSR count). The minimum atomic E-state index is -3.77. The summed E-state index contributed by atoms with van der Waals surface area (Å²) >= 11 is 4.35. The van der Waals surface area contributed by atoms with E-state index in [0.717, 1.165) is 37.3 Å². The van der Waals surface area contributed by atoms with Gasteiger partial charge in [0.15, 0.2) is 0 Å². The number of benzene rings is 1. The number of aromatic carboxylic acids is 1. The summed E-state index contributed by atoms with van der Waals surface area (Å²) < 4.78 is 28.6. The minimum absolute atomic E-state index is 0.0445. The van der Waals surface area contributed by atoms with E-state index in [2.05, 4.69) is 25.6 Å². The van der Waals surface area contributed by atoms with Crippen LogP contribution in [0.1, 0.15) is 23.2 Å². The molecule has 1 aromatic carbocycles. The third-order valence-corrected chi connectivity index (χ3v) is 7.23. The quantitative estimate of drug-likeness (QED) is 0.756. The van der Waals surface area contributed by atoms with Crippen LogP contribution < -0.4 is 9.62 Å².